The van der Waals surface area contributed by atoms with Gasteiger partial charge in [0.1, 0.15) is 18.8 Å². The number of hydrogen-bond donors (Lipinski definition) is 1. The molecule has 1 N–H and O–H groups in total. The molecule has 3 rings (SSSR count). The molecule has 1 aliphatic heterocycles. The van der Waals surface area contributed by atoms with Gasteiger partial charge in [0.2, 0.25) is 15.9 Å². The Labute approximate surface area is 179 Å². The van der Waals surface area contributed by atoms with Gasteiger partial charge in [-0.1, -0.05) is 35.3 Å². The average Bonchev–Trinajstić information content (AvgIpc) is 2.64. The van der Waals surface area contributed by atoms with E-state index in [0.717, 1.165) is 10.6 Å². The van der Waals surface area contributed by atoms with Crippen molar-refractivity contribution in [2.45, 2.75) is 19.1 Å². The minimum absolute atomic E-state index is 0.158. The molecule has 2 aromatic carbocycles. The molecule has 29 heavy (non-hydrogen) atoms. The van der Waals surface area contributed by atoms with E-state index in [1.807, 2.05) is 12.1 Å². The van der Waals surface area contributed by atoms with Crippen molar-refractivity contribution in [2.24, 2.45) is 0 Å². The van der Waals surface area contributed by atoms with E-state index < -0.39 is 28.1 Å². The average molecular weight is 459 g/mol. The highest BCUT2D eigenvalue weighted by Gasteiger charge is 2.30. The summed E-state index contributed by atoms with van der Waals surface area (Å²) in [5.74, 6) is 0.746. The predicted octanol–water partition coefficient (Wildman–Crippen LogP) is 3.10. The summed E-state index contributed by atoms with van der Waals surface area (Å²) in [6.45, 7) is 1.91. The summed E-state index contributed by atoms with van der Waals surface area (Å²) in [5.41, 5.74) is 0.207. The number of benzene rings is 2. The second kappa shape index (κ2) is 8.69. The number of ether oxygens (including phenoxy) is 2. The van der Waals surface area contributed by atoms with E-state index in [2.05, 4.69) is 5.32 Å². The van der Waals surface area contributed by atoms with Crippen LogP contribution in [0.5, 0.6) is 11.5 Å². The molecule has 0 aromatic heterocycles. The number of halogens is 2. The molecule has 1 heterocycles. The minimum Gasteiger partial charge on any atom is -0.486 e. The SMILES string of the molecule is CC(C(=O)NCC1COc2ccccc2O1)N(c1cc(Cl)cc(Cl)c1)S(C)(=O)=O. The Morgan fingerprint density at radius 2 is 1.83 bits per heavy atom. The largest absolute Gasteiger partial charge is 0.486 e. The molecule has 0 bridgehead atoms. The topological polar surface area (TPSA) is 84.9 Å². The van der Waals surface area contributed by atoms with Crippen molar-refractivity contribution in [3.05, 3.63) is 52.5 Å². The Hall–Kier alpha value is -2.16. The van der Waals surface area contributed by atoms with Gasteiger partial charge in [0, 0.05) is 10.0 Å². The summed E-state index contributed by atoms with van der Waals surface area (Å²) in [5, 5.41) is 3.25. The van der Waals surface area contributed by atoms with Crippen LogP contribution in [0, 0.1) is 0 Å². The first-order valence-corrected chi connectivity index (χ1v) is 11.4. The number of nitrogens with zero attached hydrogens (tertiary/aromatic N) is 1. The fraction of sp³-hybridized carbons (Fsp3) is 0.316. The van der Waals surface area contributed by atoms with Crippen LogP contribution in [0.25, 0.3) is 0 Å². The molecule has 1 amide bonds. The second-order valence-electron chi connectivity index (χ2n) is 6.61. The van der Waals surface area contributed by atoms with E-state index in [1.165, 1.54) is 25.1 Å². The van der Waals surface area contributed by atoms with Crippen molar-refractivity contribution in [1.29, 1.82) is 0 Å². The second-order valence-corrected chi connectivity index (χ2v) is 9.34. The predicted molar refractivity (Wildman–Crippen MR) is 113 cm³/mol. The van der Waals surface area contributed by atoms with E-state index >= 15 is 0 Å². The highest BCUT2D eigenvalue weighted by atomic mass is 35.5. The maximum absolute atomic E-state index is 12.7. The van der Waals surface area contributed by atoms with Crippen molar-refractivity contribution in [1.82, 2.24) is 5.32 Å². The molecule has 2 aromatic rings. The van der Waals surface area contributed by atoms with Gasteiger partial charge in [0.25, 0.3) is 0 Å². The van der Waals surface area contributed by atoms with Crippen molar-refractivity contribution < 1.29 is 22.7 Å². The monoisotopic (exact) mass is 458 g/mol. The summed E-state index contributed by atoms with van der Waals surface area (Å²) in [6, 6.07) is 10.6. The van der Waals surface area contributed by atoms with Crippen LogP contribution in [0.2, 0.25) is 10.0 Å². The summed E-state index contributed by atoms with van der Waals surface area (Å²) in [7, 11) is -3.78. The van der Waals surface area contributed by atoms with Gasteiger partial charge in [-0.15, -0.1) is 0 Å². The maximum atomic E-state index is 12.7. The van der Waals surface area contributed by atoms with Gasteiger partial charge in [-0.05, 0) is 37.3 Å². The number of para-hydroxylation sites is 2. The van der Waals surface area contributed by atoms with Crippen LogP contribution in [-0.2, 0) is 14.8 Å². The van der Waals surface area contributed by atoms with E-state index in [9.17, 15) is 13.2 Å². The number of rotatable bonds is 6. The van der Waals surface area contributed by atoms with Crippen LogP contribution in [0.15, 0.2) is 42.5 Å². The van der Waals surface area contributed by atoms with Crippen LogP contribution in [0.1, 0.15) is 6.92 Å². The Kier molecular flexibility index (Phi) is 6.45. The highest BCUT2D eigenvalue weighted by molar-refractivity contribution is 7.92. The lowest BCUT2D eigenvalue weighted by Gasteiger charge is -2.30. The molecule has 0 radical (unpaired) electrons. The smallest absolute Gasteiger partial charge is 0.243 e. The number of carbonyl (C=O) groups excluding carboxylic acids is 1. The fourth-order valence-electron chi connectivity index (χ4n) is 3.00. The number of nitrogens with one attached hydrogen (secondary N) is 1. The summed E-state index contributed by atoms with van der Waals surface area (Å²) >= 11 is 12.0. The van der Waals surface area contributed by atoms with Gasteiger partial charge in [0.05, 0.1) is 18.5 Å². The fourth-order valence-corrected chi connectivity index (χ4v) is 4.67. The third-order valence-electron chi connectivity index (χ3n) is 4.26. The van der Waals surface area contributed by atoms with Gasteiger partial charge in [-0.3, -0.25) is 9.10 Å². The molecule has 0 saturated heterocycles. The highest BCUT2D eigenvalue weighted by Crippen LogP contribution is 2.31. The van der Waals surface area contributed by atoms with E-state index in [4.69, 9.17) is 32.7 Å². The molecule has 10 heteroatoms. The van der Waals surface area contributed by atoms with Crippen molar-refractivity contribution >= 4 is 44.8 Å². The molecule has 0 fully saturated rings. The van der Waals surface area contributed by atoms with Crippen LogP contribution in [-0.4, -0.2) is 45.9 Å². The minimum atomic E-state index is -3.78. The Morgan fingerprint density at radius 1 is 1.21 bits per heavy atom. The first kappa shape index (κ1) is 21.5. The number of amides is 1. The standard InChI is InChI=1S/C19H20Cl2N2O5S/c1-12(23(29(2,25)26)15-8-13(20)7-14(21)9-15)19(24)22-10-16-11-27-17-5-3-4-6-18(17)28-16/h3-9,12,16H,10-11H2,1-2H3,(H,22,24). The quantitative estimate of drug-likeness (QED) is 0.718. The lowest BCUT2D eigenvalue weighted by atomic mass is 10.2. The summed E-state index contributed by atoms with van der Waals surface area (Å²) < 4.78 is 37.1. The maximum Gasteiger partial charge on any atom is 0.243 e. The Balaban J connectivity index is 1.70. The molecule has 7 nitrogen and oxygen atoms in total. The zero-order chi connectivity index (χ0) is 21.2. The van der Waals surface area contributed by atoms with Crippen molar-refractivity contribution in [3.63, 3.8) is 0 Å². The number of hydrogen-bond acceptors (Lipinski definition) is 5. The van der Waals surface area contributed by atoms with Gasteiger partial charge in [-0.25, -0.2) is 8.42 Å². The lowest BCUT2D eigenvalue weighted by molar-refractivity contribution is -0.122. The first-order chi connectivity index (χ1) is 13.6. The van der Waals surface area contributed by atoms with Crippen LogP contribution >= 0.6 is 23.2 Å². The molecule has 2 unspecified atom stereocenters. The number of anilines is 1. The molecule has 0 saturated carbocycles. The van der Waals surface area contributed by atoms with Crippen LogP contribution in [0.3, 0.4) is 0 Å². The van der Waals surface area contributed by atoms with Crippen molar-refractivity contribution in [2.75, 3.05) is 23.7 Å². The molecule has 0 spiro atoms. The molecular weight excluding hydrogens is 439 g/mol. The van der Waals surface area contributed by atoms with Gasteiger partial charge >= 0.3 is 0 Å². The third-order valence-corrected chi connectivity index (χ3v) is 5.94. The van der Waals surface area contributed by atoms with Crippen LogP contribution < -0.4 is 19.1 Å². The first-order valence-electron chi connectivity index (χ1n) is 8.77. The van der Waals surface area contributed by atoms with E-state index in [1.54, 1.807) is 12.1 Å². The molecule has 2 atom stereocenters. The van der Waals surface area contributed by atoms with Gasteiger partial charge < -0.3 is 14.8 Å². The van der Waals surface area contributed by atoms with Crippen LogP contribution in [0.4, 0.5) is 5.69 Å². The molecule has 1 aliphatic rings. The molecule has 156 valence electrons. The lowest BCUT2D eigenvalue weighted by Crippen LogP contribution is -2.50. The zero-order valence-corrected chi connectivity index (χ0v) is 18.1. The normalized spacial score (nSPS) is 16.8. The van der Waals surface area contributed by atoms with Crippen molar-refractivity contribution in [3.8, 4) is 11.5 Å². The third kappa shape index (κ3) is 5.26. The van der Waals surface area contributed by atoms with E-state index in [-0.39, 0.29) is 28.9 Å². The van der Waals surface area contributed by atoms with Gasteiger partial charge in [0.15, 0.2) is 11.5 Å². The number of carbonyl (C=O) groups is 1. The summed E-state index contributed by atoms with van der Waals surface area (Å²) in [4.78, 5) is 12.7. The Morgan fingerprint density at radius 3 is 2.45 bits per heavy atom. The Bertz CT molecular complexity index is 995. The molecule has 0 aliphatic carbocycles. The zero-order valence-electron chi connectivity index (χ0n) is 15.8. The van der Waals surface area contributed by atoms with Gasteiger partial charge in [-0.2, -0.15) is 0 Å². The van der Waals surface area contributed by atoms with E-state index in [0.29, 0.717) is 11.5 Å². The number of sulfonamides is 1. The molecular formula is C19H20Cl2N2O5S. The summed E-state index contributed by atoms with van der Waals surface area (Å²) in [6.07, 6.45) is 0.619. The number of fused-ring (bicyclic) bond motifs is 1.